The number of halogens is 1. The highest BCUT2D eigenvalue weighted by atomic mass is 19.1. The molecule has 4 fully saturated rings. The van der Waals surface area contributed by atoms with Crippen molar-refractivity contribution in [3.63, 3.8) is 0 Å². The lowest BCUT2D eigenvalue weighted by atomic mass is 9.45. The molecule has 0 amide bonds. The molecule has 8 atom stereocenters. The Kier molecular flexibility index (Phi) is 3.30. The Morgan fingerprint density at radius 1 is 0.864 bits per heavy atom. The quantitative estimate of drug-likeness (QED) is 0.658. The molecule has 4 saturated carbocycles. The monoisotopic (exact) mass is 308 g/mol. The second kappa shape index (κ2) is 4.71. The molecule has 4 rings (SSSR count). The molecule has 126 valence electrons. The summed E-state index contributed by atoms with van der Waals surface area (Å²) in [5.74, 6) is 2.75. The number of aliphatic hydroxyl groups is 1. The van der Waals surface area contributed by atoms with Crippen molar-refractivity contribution in [1.82, 2.24) is 0 Å². The molecule has 22 heavy (non-hydrogen) atoms. The molecular formula is C20H33FO. The van der Waals surface area contributed by atoms with Crippen LogP contribution < -0.4 is 0 Å². The van der Waals surface area contributed by atoms with Crippen LogP contribution >= 0.6 is 0 Å². The SMILES string of the molecule is C[C@]12CCCC[C@@H]1CC[C@@H]1[C@@H]2CC[C@]2(C)[C@@H](O)[C@](C)(F)C[C@@H]12. The number of rotatable bonds is 0. The summed E-state index contributed by atoms with van der Waals surface area (Å²) < 4.78 is 14.9. The summed E-state index contributed by atoms with van der Waals surface area (Å²) in [7, 11) is 0. The summed E-state index contributed by atoms with van der Waals surface area (Å²) in [6.45, 7) is 6.37. The average Bonchev–Trinajstić information content (AvgIpc) is 2.66. The maximum atomic E-state index is 14.9. The van der Waals surface area contributed by atoms with Crippen molar-refractivity contribution >= 4 is 0 Å². The predicted molar refractivity (Wildman–Crippen MR) is 87.2 cm³/mol. The largest absolute Gasteiger partial charge is 0.389 e. The van der Waals surface area contributed by atoms with Crippen molar-refractivity contribution < 1.29 is 9.50 Å². The lowest BCUT2D eigenvalue weighted by Gasteiger charge is -2.60. The molecule has 0 radical (unpaired) electrons. The van der Waals surface area contributed by atoms with Gasteiger partial charge in [-0.05, 0) is 86.4 Å². The summed E-state index contributed by atoms with van der Waals surface area (Å²) in [6.07, 6.45) is 10.3. The highest BCUT2D eigenvalue weighted by Gasteiger charge is 2.65. The molecule has 0 unspecified atom stereocenters. The van der Waals surface area contributed by atoms with E-state index in [-0.39, 0.29) is 5.41 Å². The van der Waals surface area contributed by atoms with E-state index in [9.17, 15) is 9.50 Å². The zero-order valence-electron chi connectivity index (χ0n) is 14.6. The van der Waals surface area contributed by atoms with Gasteiger partial charge in [0.15, 0.2) is 0 Å². The Morgan fingerprint density at radius 2 is 1.64 bits per heavy atom. The van der Waals surface area contributed by atoms with Crippen LogP contribution in [0.3, 0.4) is 0 Å². The average molecular weight is 308 g/mol. The van der Waals surface area contributed by atoms with Gasteiger partial charge in [0.05, 0.1) is 6.10 Å². The minimum Gasteiger partial charge on any atom is -0.389 e. The van der Waals surface area contributed by atoms with Crippen LogP contribution in [0.5, 0.6) is 0 Å². The van der Waals surface area contributed by atoms with Crippen LogP contribution in [-0.2, 0) is 0 Å². The van der Waals surface area contributed by atoms with E-state index in [1.54, 1.807) is 6.92 Å². The molecular weight excluding hydrogens is 275 g/mol. The van der Waals surface area contributed by atoms with Crippen molar-refractivity contribution in [2.75, 3.05) is 0 Å². The van der Waals surface area contributed by atoms with E-state index in [4.69, 9.17) is 0 Å². The van der Waals surface area contributed by atoms with Gasteiger partial charge >= 0.3 is 0 Å². The van der Waals surface area contributed by atoms with Gasteiger partial charge in [0.1, 0.15) is 5.67 Å². The molecule has 0 spiro atoms. The first-order chi connectivity index (χ1) is 10.3. The number of alkyl halides is 1. The van der Waals surface area contributed by atoms with Gasteiger partial charge in [-0.3, -0.25) is 0 Å². The first-order valence-corrected chi connectivity index (χ1v) is 9.66. The second-order valence-electron chi connectivity index (χ2n) is 9.83. The van der Waals surface area contributed by atoms with Gasteiger partial charge in [-0.1, -0.05) is 26.7 Å². The minimum absolute atomic E-state index is 0.178. The minimum atomic E-state index is -1.38. The maximum absolute atomic E-state index is 14.9. The van der Waals surface area contributed by atoms with E-state index in [1.165, 1.54) is 44.9 Å². The number of fused-ring (bicyclic) bond motifs is 5. The van der Waals surface area contributed by atoms with Gasteiger partial charge in [-0.25, -0.2) is 4.39 Å². The first-order valence-electron chi connectivity index (χ1n) is 9.66. The van der Waals surface area contributed by atoms with E-state index in [2.05, 4.69) is 13.8 Å². The third-order valence-electron chi connectivity index (χ3n) is 8.83. The number of hydrogen-bond donors (Lipinski definition) is 1. The van der Waals surface area contributed by atoms with Gasteiger partial charge < -0.3 is 5.11 Å². The fraction of sp³-hybridized carbons (Fsp3) is 1.00. The van der Waals surface area contributed by atoms with Crippen molar-refractivity contribution in [2.24, 2.45) is 34.5 Å². The third-order valence-corrected chi connectivity index (χ3v) is 8.83. The normalized spacial score (nSPS) is 61.2. The fourth-order valence-electron chi connectivity index (χ4n) is 7.60. The highest BCUT2D eigenvalue weighted by Crippen LogP contribution is 2.67. The molecule has 2 heteroatoms. The first kappa shape index (κ1) is 15.4. The molecule has 4 aliphatic carbocycles. The van der Waals surface area contributed by atoms with Crippen LogP contribution in [0.1, 0.15) is 78.6 Å². The maximum Gasteiger partial charge on any atom is 0.134 e. The molecule has 0 aromatic heterocycles. The molecule has 4 aliphatic rings. The fourth-order valence-corrected chi connectivity index (χ4v) is 7.60. The summed E-state index contributed by atoms with van der Waals surface area (Å²) in [5, 5.41) is 10.6. The summed E-state index contributed by atoms with van der Waals surface area (Å²) in [4.78, 5) is 0. The molecule has 0 aliphatic heterocycles. The smallest absolute Gasteiger partial charge is 0.134 e. The van der Waals surface area contributed by atoms with E-state index in [0.717, 1.165) is 18.3 Å². The predicted octanol–water partition coefficient (Wildman–Crippen LogP) is 5.12. The summed E-state index contributed by atoms with van der Waals surface area (Å²) >= 11 is 0. The standard InChI is InChI=1S/C20H33FO/c1-18-10-5-4-6-13(18)7-8-14-15(18)9-11-19(2)16(14)12-20(3,21)17(19)22/h13-17,22H,4-12H2,1-3H3/t13-,14-,15+,16+,17-,18+,19+,20-/m1/s1. The Hall–Kier alpha value is -0.110. The van der Waals surface area contributed by atoms with Crippen LogP contribution in [0, 0.1) is 34.5 Å². The van der Waals surface area contributed by atoms with E-state index >= 15 is 0 Å². The Bertz CT molecular complexity index is 461. The molecule has 0 heterocycles. The van der Waals surface area contributed by atoms with Gasteiger partial charge in [-0.15, -0.1) is 0 Å². The third kappa shape index (κ3) is 1.85. The van der Waals surface area contributed by atoms with Crippen molar-refractivity contribution in [3.05, 3.63) is 0 Å². The summed E-state index contributed by atoms with van der Waals surface area (Å²) in [6, 6.07) is 0. The lowest BCUT2D eigenvalue weighted by Crippen LogP contribution is -2.53. The molecule has 0 aromatic rings. The molecule has 0 aromatic carbocycles. The zero-order valence-corrected chi connectivity index (χ0v) is 14.6. The van der Waals surface area contributed by atoms with E-state index < -0.39 is 11.8 Å². The molecule has 0 bridgehead atoms. The van der Waals surface area contributed by atoms with Crippen LogP contribution in [0.2, 0.25) is 0 Å². The van der Waals surface area contributed by atoms with E-state index in [0.29, 0.717) is 23.7 Å². The molecule has 0 saturated heterocycles. The van der Waals surface area contributed by atoms with Gasteiger partial charge in [0.2, 0.25) is 0 Å². The van der Waals surface area contributed by atoms with Crippen LogP contribution in [0.4, 0.5) is 4.39 Å². The zero-order chi connectivity index (χ0) is 15.8. The molecule has 1 N–H and O–H groups in total. The van der Waals surface area contributed by atoms with Crippen LogP contribution in [0.15, 0.2) is 0 Å². The Balaban J connectivity index is 1.67. The second-order valence-corrected chi connectivity index (χ2v) is 9.83. The van der Waals surface area contributed by atoms with Gasteiger partial charge in [-0.2, -0.15) is 0 Å². The number of aliphatic hydroxyl groups excluding tert-OH is 1. The van der Waals surface area contributed by atoms with Crippen molar-refractivity contribution in [2.45, 2.75) is 90.3 Å². The topological polar surface area (TPSA) is 20.2 Å². The van der Waals surface area contributed by atoms with Gasteiger partial charge in [0.25, 0.3) is 0 Å². The van der Waals surface area contributed by atoms with Gasteiger partial charge in [0, 0.05) is 0 Å². The lowest BCUT2D eigenvalue weighted by molar-refractivity contribution is -0.125. The highest BCUT2D eigenvalue weighted by molar-refractivity contribution is 5.14. The van der Waals surface area contributed by atoms with Crippen LogP contribution in [0.25, 0.3) is 0 Å². The molecule has 1 nitrogen and oxygen atoms in total. The Morgan fingerprint density at radius 3 is 2.41 bits per heavy atom. The van der Waals surface area contributed by atoms with Crippen molar-refractivity contribution in [3.8, 4) is 0 Å². The summed E-state index contributed by atoms with van der Waals surface area (Å²) in [5.41, 5.74) is -1.05. The van der Waals surface area contributed by atoms with Crippen molar-refractivity contribution in [1.29, 1.82) is 0 Å². The van der Waals surface area contributed by atoms with E-state index in [1.807, 2.05) is 0 Å². The Labute approximate surface area is 135 Å². The number of hydrogen-bond acceptors (Lipinski definition) is 1. The van der Waals surface area contributed by atoms with Crippen LogP contribution in [-0.4, -0.2) is 16.9 Å².